The van der Waals surface area contributed by atoms with E-state index in [2.05, 4.69) is 52.0 Å². The van der Waals surface area contributed by atoms with Crippen LogP contribution in [0.1, 0.15) is 153 Å². The van der Waals surface area contributed by atoms with Crippen molar-refractivity contribution in [3.05, 3.63) is 83.3 Å². The lowest BCUT2D eigenvalue weighted by Gasteiger charge is -2.01. The molecule has 0 amide bonds. The van der Waals surface area contributed by atoms with Crippen molar-refractivity contribution in [2.24, 2.45) is 0 Å². The molecule has 0 saturated carbocycles. The van der Waals surface area contributed by atoms with Crippen molar-refractivity contribution >= 4 is 0 Å². The second kappa shape index (κ2) is 20.4. The van der Waals surface area contributed by atoms with Gasteiger partial charge >= 0.3 is 0 Å². The molecule has 0 aromatic carbocycles. The fraction of sp³-hybridized carbons (Fsp3) is 0.500. The highest BCUT2D eigenvalue weighted by molar-refractivity contribution is 5.69. The second-order valence-corrected chi connectivity index (χ2v) is 15.1. The van der Waals surface area contributed by atoms with E-state index in [0.29, 0.717) is 28.8 Å². The summed E-state index contributed by atoms with van der Waals surface area (Å²) in [6.45, 7) is 8.98. The van der Waals surface area contributed by atoms with Gasteiger partial charge < -0.3 is 26.5 Å². The van der Waals surface area contributed by atoms with Crippen LogP contribution in [0.4, 0.5) is 0 Å². The van der Waals surface area contributed by atoms with E-state index in [1.807, 2.05) is 30.5 Å². The van der Waals surface area contributed by atoms with Gasteiger partial charge in [-0.05, 0) is 105 Å². The Balaban J connectivity index is 1.22. The normalized spacial score (nSPS) is 11.7. The van der Waals surface area contributed by atoms with Crippen molar-refractivity contribution in [3.63, 3.8) is 0 Å². The number of hydrogen-bond donors (Lipinski definition) is 0. The highest BCUT2D eigenvalue weighted by Gasteiger charge is 2.23. The molecule has 6 heteroatoms. The number of furan rings is 6. The molecule has 0 aliphatic carbocycles. The Morgan fingerprint density at radius 1 is 0.352 bits per heavy atom. The topological polar surface area (TPSA) is 78.8 Å². The van der Waals surface area contributed by atoms with E-state index in [9.17, 15) is 0 Å². The first-order valence-electron chi connectivity index (χ1n) is 21.2. The molecule has 0 aliphatic rings. The largest absolute Gasteiger partial charge is 0.461 e. The smallest absolute Gasteiger partial charge is 0.173 e. The lowest BCUT2D eigenvalue weighted by atomic mass is 10.0. The third kappa shape index (κ3) is 10.2. The van der Waals surface area contributed by atoms with Crippen LogP contribution in [0.2, 0.25) is 0 Å². The fourth-order valence-corrected chi connectivity index (χ4v) is 7.43. The maximum absolute atomic E-state index is 6.59. The van der Waals surface area contributed by atoms with Crippen molar-refractivity contribution in [1.29, 1.82) is 0 Å². The van der Waals surface area contributed by atoms with Crippen LogP contribution < -0.4 is 0 Å². The summed E-state index contributed by atoms with van der Waals surface area (Å²) in [4.78, 5) is 0. The summed E-state index contributed by atoms with van der Waals surface area (Å²) in [6, 6.07) is 16.4. The molecule has 0 radical (unpaired) electrons. The van der Waals surface area contributed by atoms with E-state index in [-0.39, 0.29) is 0 Å². The molecule has 290 valence electrons. The van der Waals surface area contributed by atoms with Gasteiger partial charge in [0.15, 0.2) is 57.6 Å². The molecule has 0 saturated heterocycles. The van der Waals surface area contributed by atoms with E-state index in [1.54, 1.807) is 6.26 Å². The zero-order valence-electron chi connectivity index (χ0n) is 33.4. The third-order valence-corrected chi connectivity index (χ3v) is 10.6. The molecule has 6 heterocycles. The van der Waals surface area contributed by atoms with Gasteiger partial charge in [0, 0.05) is 16.7 Å². The lowest BCUT2D eigenvalue weighted by molar-refractivity contribution is 0.491. The molecular formula is C48H62O6. The molecule has 0 atom stereocenters. The first kappa shape index (κ1) is 39.4. The highest BCUT2D eigenvalue weighted by atomic mass is 16.4. The molecular weight excluding hydrogens is 673 g/mol. The first-order chi connectivity index (χ1) is 26.6. The maximum Gasteiger partial charge on any atom is 0.173 e. The van der Waals surface area contributed by atoms with Crippen molar-refractivity contribution < 1.29 is 26.5 Å². The van der Waals surface area contributed by atoms with E-state index in [4.69, 9.17) is 26.5 Å². The maximum atomic E-state index is 6.59. The van der Waals surface area contributed by atoms with Gasteiger partial charge in [-0.15, -0.1) is 0 Å². The predicted molar refractivity (Wildman–Crippen MR) is 219 cm³/mol. The van der Waals surface area contributed by atoms with E-state index >= 15 is 0 Å². The summed E-state index contributed by atoms with van der Waals surface area (Å²) < 4.78 is 38.2. The van der Waals surface area contributed by atoms with Crippen molar-refractivity contribution in [1.82, 2.24) is 0 Å². The van der Waals surface area contributed by atoms with Crippen LogP contribution in [0.5, 0.6) is 0 Å². The monoisotopic (exact) mass is 734 g/mol. The van der Waals surface area contributed by atoms with Crippen LogP contribution in [0, 0.1) is 0 Å². The molecule has 0 fully saturated rings. The van der Waals surface area contributed by atoms with Crippen LogP contribution >= 0.6 is 0 Å². The van der Waals surface area contributed by atoms with Gasteiger partial charge in [-0.3, -0.25) is 0 Å². The molecule has 6 nitrogen and oxygen atoms in total. The van der Waals surface area contributed by atoms with Crippen LogP contribution in [-0.4, -0.2) is 0 Å². The van der Waals surface area contributed by atoms with Gasteiger partial charge in [-0.25, -0.2) is 0 Å². The molecule has 0 bridgehead atoms. The average molecular weight is 735 g/mol. The lowest BCUT2D eigenvalue weighted by Crippen LogP contribution is -1.86. The average Bonchev–Trinajstić information content (AvgIpc) is 4.03. The standard InChI is InChI=1S/C48H62O6/c1-5-9-13-17-21-35-31-44(50-34-35)48-37(23-19-15-11-7-3)32-43(53-48)41-26-25-39(51-41)40-27-28-42(52-40)47-38(24-20-16-12-8-4)33-45(54-47)46-36(29-30-49-46)22-18-14-10-6-2/h25-34H,5-24H2,1-4H3. The molecule has 0 spiro atoms. The summed E-state index contributed by atoms with van der Waals surface area (Å²) in [5, 5.41) is 0. The van der Waals surface area contributed by atoms with Crippen LogP contribution in [0.3, 0.4) is 0 Å². The number of rotatable bonds is 25. The van der Waals surface area contributed by atoms with Crippen molar-refractivity contribution in [2.45, 2.75) is 156 Å². The van der Waals surface area contributed by atoms with Crippen molar-refractivity contribution in [2.75, 3.05) is 0 Å². The Bertz CT molecular complexity index is 1950. The molecule has 54 heavy (non-hydrogen) atoms. The number of unbranched alkanes of at least 4 members (excludes halogenated alkanes) is 12. The summed E-state index contributed by atoms with van der Waals surface area (Å²) in [5.41, 5.74) is 4.73. The summed E-state index contributed by atoms with van der Waals surface area (Å²) in [7, 11) is 0. The minimum absolute atomic E-state index is 0.641. The van der Waals surface area contributed by atoms with Gasteiger partial charge in [0.05, 0.1) is 12.5 Å². The fourth-order valence-electron chi connectivity index (χ4n) is 7.43. The Kier molecular flexibility index (Phi) is 14.9. The molecule has 0 N–H and O–H groups in total. The Labute approximate surface area is 322 Å². The molecule has 0 unspecified atom stereocenters. The molecule has 6 rings (SSSR count). The van der Waals surface area contributed by atoms with E-state index < -0.39 is 0 Å². The SMILES string of the molecule is CCCCCCc1coc(-c2oc(-c3ccc(-c4ccc(-c5oc(-c6occc6CCCCCC)cc5CCCCCC)o4)o3)cc2CCCCCC)c1. The summed E-state index contributed by atoms with van der Waals surface area (Å²) in [5.74, 6) is 7.29. The molecule has 6 aromatic heterocycles. The van der Waals surface area contributed by atoms with Gasteiger partial charge in [0.2, 0.25) is 0 Å². The van der Waals surface area contributed by atoms with Crippen LogP contribution in [-0.2, 0) is 25.7 Å². The number of hydrogen-bond acceptors (Lipinski definition) is 6. The Morgan fingerprint density at radius 3 is 1.44 bits per heavy atom. The molecule has 6 aromatic rings. The number of aryl methyl sites for hydroxylation is 4. The second-order valence-electron chi connectivity index (χ2n) is 15.1. The minimum atomic E-state index is 0.641. The van der Waals surface area contributed by atoms with Gasteiger partial charge in [0.25, 0.3) is 0 Å². The van der Waals surface area contributed by atoms with Gasteiger partial charge in [-0.2, -0.15) is 0 Å². The van der Waals surface area contributed by atoms with Gasteiger partial charge in [0.1, 0.15) is 0 Å². The molecule has 0 aliphatic heterocycles. The summed E-state index contributed by atoms with van der Waals surface area (Å²) >= 11 is 0. The minimum Gasteiger partial charge on any atom is -0.461 e. The zero-order chi connectivity index (χ0) is 37.5. The van der Waals surface area contributed by atoms with Crippen LogP contribution in [0.15, 0.2) is 87.6 Å². The zero-order valence-corrected chi connectivity index (χ0v) is 33.4. The van der Waals surface area contributed by atoms with Crippen LogP contribution in [0.25, 0.3) is 57.6 Å². The van der Waals surface area contributed by atoms with Crippen molar-refractivity contribution in [3.8, 4) is 57.6 Å². The quantitative estimate of drug-likeness (QED) is 0.0545. The summed E-state index contributed by atoms with van der Waals surface area (Å²) in [6.07, 6.45) is 26.8. The Morgan fingerprint density at radius 2 is 0.833 bits per heavy atom. The predicted octanol–water partition coefficient (Wildman–Crippen LogP) is 16.1. The Hall–Kier alpha value is -4.32. The van der Waals surface area contributed by atoms with Gasteiger partial charge in [-0.1, -0.05) is 105 Å². The van der Waals surface area contributed by atoms with E-state index in [1.165, 1.54) is 94.6 Å². The third-order valence-electron chi connectivity index (χ3n) is 10.6. The van der Waals surface area contributed by atoms with E-state index in [0.717, 1.165) is 84.9 Å². The highest BCUT2D eigenvalue weighted by Crippen LogP contribution is 2.40. The first-order valence-corrected chi connectivity index (χ1v) is 21.2.